The number of benzene rings is 1. The number of rotatable bonds is 5. The van der Waals surface area contributed by atoms with Gasteiger partial charge < -0.3 is 10.2 Å². The molecule has 0 saturated heterocycles. The van der Waals surface area contributed by atoms with Crippen LogP contribution in [-0.2, 0) is 10.0 Å². The molecule has 0 aliphatic carbocycles. The first-order valence-corrected chi connectivity index (χ1v) is 7.01. The highest BCUT2D eigenvalue weighted by Gasteiger charge is 2.35. The Balaban J connectivity index is 3.41. The summed E-state index contributed by atoms with van der Waals surface area (Å²) in [5.41, 5.74) is -1.31. The monoisotopic (exact) mass is 287 g/mol. The van der Waals surface area contributed by atoms with Crippen LogP contribution in [0.15, 0.2) is 29.2 Å². The van der Waals surface area contributed by atoms with Crippen molar-refractivity contribution in [3.8, 4) is 0 Å². The molecule has 0 amide bonds. The van der Waals surface area contributed by atoms with E-state index in [2.05, 4.69) is 0 Å². The van der Waals surface area contributed by atoms with Gasteiger partial charge >= 0.3 is 5.97 Å². The quantitative estimate of drug-likeness (QED) is 0.834. The van der Waals surface area contributed by atoms with Crippen molar-refractivity contribution in [1.82, 2.24) is 4.31 Å². The Kier molecular flexibility index (Phi) is 4.34. The number of carboxylic acids is 1. The molecule has 0 saturated carbocycles. The van der Waals surface area contributed by atoms with Crippen LogP contribution >= 0.6 is 0 Å². The highest BCUT2D eigenvalue weighted by Crippen LogP contribution is 2.25. The second kappa shape index (κ2) is 5.28. The molecule has 0 bridgehead atoms. The zero-order valence-electron chi connectivity index (χ0n) is 11.0. The van der Waals surface area contributed by atoms with Crippen molar-refractivity contribution in [2.24, 2.45) is 0 Å². The minimum atomic E-state index is -3.99. The summed E-state index contributed by atoms with van der Waals surface area (Å²) < 4.78 is 25.8. The van der Waals surface area contributed by atoms with Crippen molar-refractivity contribution >= 4 is 16.0 Å². The molecule has 0 radical (unpaired) electrons. The van der Waals surface area contributed by atoms with Gasteiger partial charge in [-0.25, -0.2) is 13.2 Å². The fourth-order valence-corrected chi connectivity index (χ4v) is 3.13. The topological polar surface area (TPSA) is 94.9 Å². The molecule has 1 aromatic carbocycles. The third kappa shape index (κ3) is 2.94. The maximum Gasteiger partial charge on any atom is 0.337 e. The van der Waals surface area contributed by atoms with Crippen LogP contribution in [0, 0.1) is 0 Å². The lowest BCUT2D eigenvalue weighted by atomic mass is 10.1. The average molecular weight is 287 g/mol. The summed E-state index contributed by atoms with van der Waals surface area (Å²) in [4.78, 5) is 10.8. The van der Waals surface area contributed by atoms with Gasteiger partial charge in [-0.3, -0.25) is 0 Å². The fraction of sp³-hybridized carbons (Fsp3) is 0.417. The summed E-state index contributed by atoms with van der Waals surface area (Å²) in [6.07, 6.45) is 0. The highest BCUT2D eigenvalue weighted by atomic mass is 32.2. The van der Waals surface area contributed by atoms with E-state index in [-0.39, 0.29) is 17.1 Å². The van der Waals surface area contributed by atoms with Crippen LogP contribution in [0.3, 0.4) is 0 Å². The molecule has 1 aromatic rings. The Morgan fingerprint density at radius 2 is 1.84 bits per heavy atom. The normalized spacial score (nSPS) is 12.7. The van der Waals surface area contributed by atoms with Crippen molar-refractivity contribution < 1.29 is 23.4 Å². The highest BCUT2D eigenvalue weighted by molar-refractivity contribution is 7.89. The van der Waals surface area contributed by atoms with E-state index in [1.807, 2.05) is 0 Å². The number of sulfonamides is 1. The molecule has 0 aromatic heterocycles. The predicted molar refractivity (Wildman–Crippen MR) is 69.5 cm³/mol. The summed E-state index contributed by atoms with van der Waals surface area (Å²) in [5, 5.41) is 18.3. The molecule has 0 atom stereocenters. The number of aliphatic hydroxyl groups excluding tert-OH is 1. The summed E-state index contributed by atoms with van der Waals surface area (Å²) in [5.74, 6) is -1.31. The van der Waals surface area contributed by atoms with Crippen molar-refractivity contribution in [3.05, 3.63) is 29.8 Å². The van der Waals surface area contributed by atoms with Gasteiger partial charge in [-0.05, 0) is 26.0 Å². The molecule has 0 fully saturated rings. The third-order valence-corrected chi connectivity index (χ3v) is 5.12. The molecule has 19 heavy (non-hydrogen) atoms. The zero-order chi connectivity index (χ0) is 14.8. The van der Waals surface area contributed by atoms with Gasteiger partial charge in [0.2, 0.25) is 10.0 Å². The molecular weight excluding hydrogens is 270 g/mol. The van der Waals surface area contributed by atoms with E-state index in [9.17, 15) is 18.3 Å². The van der Waals surface area contributed by atoms with E-state index in [0.29, 0.717) is 0 Å². The molecular formula is C12H17NO5S. The summed E-state index contributed by atoms with van der Waals surface area (Å²) in [7, 11) is -2.68. The maximum absolute atomic E-state index is 12.4. The Labute approximate surface area is 112 Å². The van der Waals surface area contributed by atoms with Gasteiger partial charge in [-0.2, -0.15) is 4.31 Å². The fourth-order valence-electron chi connectivity index (χ4n) is 1.44. The number of carbonyl (C=O) groups is 1. The minimum Gasteiger partial charge on any atom is -0.478 e. The Bertz CT molecular complexity index is 580. The first-order valence-electron chi connectivity index (χ1n) is 5.57. The summed E-state index contributed by atoms with van der Waals surface area (Å²) in [6, 6.07) is 5.39. The van der Waals surface area contributed by atoms with E-state index >= 15 is 0 Å². The lowest BCUT2D eigenvalue weighted by Gasteiger charge is -2.33. The SMILES string of the molecule is CN(C(C)(C)CO)S(=O)(=O)c1ccccc1C(=O)O. The minimum absolute atomic E-state index is 0.286. The van der Waals surface area contributed by atoms with Crippen LogP contribution in [0.25, 0.3) is 0 Å². The van der Waals surface area contributed by atoms with E-state index in [4.69, 9.17) is 5.11 Å². The number of hydrogen-bond donors (Lipinski definition) is 2. The van der Waals surface area contributed by atoms with E-state index in [1.54, 1.807) is 13.8 Å². The van der Waals surface area contributed by atoms with Gasteiger partial charge in [0.15, 0.2) is 0 Å². The van der Waals surface area contributed by atoms with Crippen molar-refractivity contribution in [3.63, 3.8) is 0 Å². The average Bonchev–Trinajstić information content (AvgIpc) is 2.37. The molecule has 6 nitrogen and oxygen atoms in total. The van der Waals surface area contributed by atoms with Gasteiger partial charge in [-0.15, -0.1) is 0 Å². The molecule has 2 N–H and O–H groups in total. The number of aromatic carboxylic acids is 1. The number of likely N-dealkylation sites (N-methyl/N-ethyl adjacent to an activating group) is 1. The Morgan fingerprint density at radius 1 is 1.32 bits per heavy atom. The largest absolute Gasteiger partial charge is 0.478 e. The lowest BCUT2D eigenvalue weighted by Crippen LogP contribution is -2.47. The number of hydrogen-bond acceptors (Lipinski definition) is 4. The smallest absolute Gasteiger partial charge is 0.337 e. The van der Waals surface area contributed by atoms with Crippen LogP contribution in [-0.4, -0.2) is 48.1 Å². The first kappa shape index (κ1) is 15.6. The first-order chi connectivity index (χ1) is 8.64. The van der Waals surface area contributed by atoms with E-state index in [1.165, 1.54) is 31.3 Å². The number of nitrogens with zero attached hydrogens (tertiary/aromatic N) is 1. The van der Waals surface area contributed by atoms with Gasteiger partial charge in [0.1, 0.15) is 0 Å². The second-order valence-electron chi connectivity index (χ2n) is 4.74. The van der Waals surface area contributed by atoms with Crippen LogP contribution in [0.1, 0.15) is 24.2 Å². The number of carboxylic acid groups (broad SMARTS) is 1. The van der Waals surface area contributed by atoms with Crippen molar-refractivity contribution in [2.75, 3.05) is 13.7 Å². The van der Waals surface area contributed by atoms with Crippen molar-refractivity contribution in [1.29, 1.82) is 0 Å². The second-order valence-corrected chi connectivity index (χ2v) is 6.68. The van der Waals surface area contributed by atoms with E-state index < -0.39 is 21.5 Å². The zero-order valence-corrected chi connectivity index (χ0v) is 11.8. The van der Waals surface area contributed by atoms with Crippen LogP contribution in [0.5, 0.6) is 0 Å². The summed E-state index contributed by atoms with van der Waals surface area (Å²) in [6.45, 7) is 2.72. The molecule has 0 aliphatic heterocycles. The standard InChI is InChI=1S/C12H17NO5S/c1-12(2,8-14)13(3)19(17,18)10-7-5-4-6-9(10)11(15)16/h4-7,14H,8H2,1-3H3,(H,15,16). The number of aliphatic hydroxyl groups is 1. The van der Waals surface area contributed by atoms with Gasteiger partial charge in [0, 0.05) is 7.05 Å². The van der Waals surface area contributed by atoms with Gasteiger partial charge in [-0.1, -0.05) is 12.1 Å². The van der Waals surface area contributed by atoms with Gasteiger partial charge in [0.25, 0.3) is 0 Å². The third-order valence-electron chi connectivity index (χ3n) is 3.00. The lowest BCUT2D eigenvalue weighted by molar-refractivity contribution is 0.0692. The van der Waals surface area contributed by atoms with Crippen molar-refractivity contribution in [2.45, 2.75) is 24.3 Å². The molecule has 0 spiro atoms. The maximum atomic E-state index is 12.4. The molecule has 0 aliphatic rings. The summed E-state index contributed by atoms with van der Waals surface area (Å²) >= 11 is 0. The van der Waals surface area contributed by atoms with Gasteiger partial charge in [0.05, 0.1) is 22.6 Å². The molecule has 7 heteroatoms. The van der Waals surface area contributed by atoms with Crippen LogP contribution in [0.2, 0.25) is 0 Å². The predicted octanol–water partition coefficient (Wildman–Crippen LogP) is 0.776. The Morgan fingerprint density at radius 3 is 2.32 bits per heavy atom. The molecule has 0 heterocycles. The molecule has 1 rings (SSSR count). The van der Waals surface area contributed by atoms with Crippen LogP contribution < -0.4 is 0 Å². The molecule has 0 unspecified atom stereocenters. The van der Waals surface area contributed by atoms with E-state index in [0.717, 1.165) is 4.31 Å². The molecule has 106 valence electrons. The van der Waals surface area contributed by atoms with Crippen LogP contribution in [0.4, 0.5) is 0 Å². The Hall–Kier alpha value is -1.44.